The average Bonchev–Trinajstić information content (AvgIpc) is 2.24. The van der Waals surface area contributed by atoms with Gasteiger partial charge in [0.25, 0.3) is 0 Å². The highest BCUT2D eigenvalue weighted by Gasteiger charge is 2.24. The second kappa shape index (κ2) is 8.88. The molecule has 0 aliphatic rings. The standard InChI is InChI=1S/C13H30N2O2S/c1-6-14-9-7-8-10-18(16,17)15(13(4)5)11-12(2)3/h12-14H,6-11H2,1-5H3. The van der Waals surface area contributed by atoms with E-state index in [0.29, 0.717) is 12.5 Å². The number of rotatable bonds is 10. The van der Waals surface area contributed by atoms with Crippen molar-refractivity contribution >= 4 is 10.0 Å². The molecule has 5 heteroatoms. The maximum absolute atomic E-state index is 12.2. The third-order valence-corrected chi connectivity index (χ3v) is 4.82. The molecule has 0 unspecified atom stereocenters. The quantitative estimate of drug-likeness (QED) is 0.622. The number of sulfonamides is 1. The highest BCUT2D eigenvalue weighted by atomic mass is 32.2. The van der Waals surface area contributed by atoms with Crippen LogP contribution in [-0.4, -0.2) is 44.2 Å². The normalized spacial score (nSPS) is 12.9. The van der Waals surface area contributed by atoms with Crippen LogP contribution in [0.25, 0.3) is 0 Å². The summed E-state index contributed by atoms with van der Waals surface area (Å²) in [6.07, 6.45) is 1.65. The third kappa shape index (κ3) is 7.34. The number of unbranched alkanes of at least 4 members (excludes halogenated alkanes) is 1. The van der Waals surface area contributed by atoms with Crippen molar-refractivity contribution in [1.82, 2.24) is 9.62 Å². The van der Waals surface area contributed by atoms with Crippen LogP contribution in [0.4, 0.5) is 0 Å². The highest BCUT2D eigenvalue weighted by Crippen LogP contribution is 2.12. The Hall–Kier alpha value is -0.130. The summed E-state index contributed by atoms with van der Waals surface area (Å²) < 4.78 is 26.1. The summed E-state index contributed by atoms with van der Waals surface area (Å²) in [6.45, 7) is 12.5. The summed E-state index contributed by atoms with van der Waals surface area (Å²) in [4.78, 5) is 0. The molecule has 0 fully saturated rings. The van der Waals surface area contributed by atoms with E-state index in [2.05, 4.69) is 26.1 Å². The van der Waals surface area contributed by atoms with Gasteiger partial charge in [0, 0.05) is 12.6 Å². The Balaban J connectivity index is 4.29. The van der Waals surface area contributed by atoms with Crippen LogP contribution in [0, 0.1) is 5.92 Å². The lowest BCUT2D eigenvalue weighted by molar-refractivity contribution is 0.318. The Labute approximate surface area is 113 Å². The maximum Gasteiger partial charge on any atom is 0.214 e. The van der Waals surface area contributed by atoms with Gasteiger partial charge in [0.1, 0.15) is 0 Å². The SMILES string of the molecule is CCNCCCCS(=O)(=O)N(CC(C)C)C(C)C. The van der Waals surface area contributed by atoms with Crippen LogP contribution < -0.4 is 5.32 Å². The van der Waals surface area contributed by atoms with Gasteiger partial charge in [0.15, 0.2) is 0 Å². The molecule has 0 aliphatic heterocycles. The Morgan fingerprint density at radius 3 is 2.17 bits per heavy atom. The molecule has 0 bridgehead atoms. The van der Waals surface area contributed by atoms with Gasteiger partial charge in [-0.05, 0) is 45.7 Å². The molecule has 1 N–H and O–H groups in total. The molecule has 4 nitrogen and oxygen atoms in total. The van der Waals surface area contributed by atoms with E-state index in [-0.39, 0.29) is 11.8 Å². The minimum atomic E-state index is -3.10. The fourth-order valence-corrected chi connectivity index (χ4v) is 3.81. The molecule has 0 aromatic rings. The maximum atomic E-state index is 12.2. The van der Waals surface area contributed by atoms with E-state index in [1.807, 2.05) is 13.8 Å². The molecule has 0 saturated carbocycles. The second-order valence-electron chi connectivity index (χ2n) is 5.43. The van der Waals surface area contributed by atoms with Gasteiger partial charge in [-0.1, -0.05) is 20.8 Å². The average molecular weight is 278 g/mol. The zero-order chi connectivity index (χ0) is 14.2. The van der Waals surface area contributed by atoms with Crippen molar-refractivity contribution in [2.24, 2.45) is 5.92 Å². The predicted octanol–water partition coefficient (Wildman–Crippen LogP) is 2.07. The topological polar surface area (TPSA) is 49.4 Å². The van der Waals surface area contributed by atoms with Gasteiger partial charge in [0.2, 0.25) is 10.0 Å². The number of nitrogens with zero attached hydrogens (tertiary/aromatic N) is 1. The van der Waals surface area contributed by atoms with Crippen molar-refractivity contribution in [1.29, 1.82) is 0 Å². The number of hydrogen-bond acceptors (Lipinski definition) is 3. The van der Waals surface area contributed by atoms with Crippen molar-refractivity contribution < 1.29 is 8.42 Å². The monoisotopic (exact) mass is 278 g/mol. The Morgan fingerprint density at radius 1 is 1.11 bits per heavy atom. The molecule has 0 aliphatic carbocycles. The first-order valence-electron chi connectivity index (χ1n) is 7.01. The van der Waals surface area contributed by atoms with Crippen molar-refractivity contribution in [3.8, 4) is 0 Å². The Kier molecular flexibility index (Phi) is 8.82. The lowest BCUT2D eigenvalue weighted by atomic mass is 10.2. The molecule has 0 aromatic carbocycles. The minimum absolute atomic E-state index is 0.0474. The van der Waals surface area contributed by atoms with Crippen LogP contribution in [0.1, 0.15) is 47.5 Å². The lowest BCUT2D eigenvalue weighted by Crippen LogP contribution is -2.40. The van der Waals surface area contributed by atoms with E-state index in [1.165, 1.54) is 0 Å². The molecule has 0 rings (SSSR count). The summed E-state index contributed by atoms with van der Waals surface area (Å²) in [5.41, 5.74) is 0. The molecule has 0 heterocycles. The van der Waals surface area contributed by atoms with E-state index in [0.717, 1.165) is 25.9 Å². The van der Waals surface area contributed by atoms with Gasteiger partial charge in [-0.15, -0.1) is 0 Å². The van der Waals surface area contributed by atoms with Crippen LogP contribution in [0.2, 0.25) is 0 Å². The molecule has 0 radical (unpaired) electrons. The Morgan fingerprint density at radius 2 is 1.72 bits per heavy atom. The van der Waals surface area contributed by atoms with Crippen LogP contribution in [0.5, 0.6) is 0 Å². The van der Waals surface area contributed by atoms with E-state index in [1.54, 1.807) is 4.31 Å². The second-order valence-corrected chi connectivity index (χ2v) is 7.48. The molecular weight excluding hydrogens is 248 g/mol. The van der Waals surface area contributed by atoms with E-state index in [4.69, 9.17) is 0 Å². The summed E-state index contributed by atoms with van der Waals surface area (Å²) in [6, 6.07) is 0.0474. The molecule has 18 heavy (non-hydrogen) atoms. The zero-order valence-electron chi connectivity index (χ0n) is 12.6. The fraction of sp³-hybridized carbons (Fsp3) is 1.00. The number of hydrogen-bond donors (Lipinski definition) is 1. The molecule has 0 spiro atoms. The van der Waals surface area contributed by atoms with E-state index >= 15 is 0 Å². The van der Waals surface area contributed by atoms with Crippen molar-refractivity contribution in [3.63, 3.8) is 0 Å². The number of nitrogens with one attached hydrogen (secondary N) is 1. The van der Waals surface area contributed by atoms with Crippen molar-refractivity contribution in [3.05, 3.63) is 0 Å². The van der Waals surface area contributed by atoms with Crippen molar-refractivity contribution in [2.75, 3.05) is 25.4 Å². The van der Waals surface area contributed by atoms with E-state index < -0.39 is 10.0 Å². The zero-order valence-corrected chi connectivity index (χ0v) is 13.4. The summed E-state index contributed by atoms with van der Waals surface area (Å²) >= 11 is 0. The molecular formula is C13H30N2O2S. The summed E-state index contributed by atoms with van der Waals surface area (Å²) in [7, 11) is -3.10. The molecule has 0 aromatic heterocycles. The van der Waals surface area contributed by atoms with Crippen LogP contribution >= 0.6 is 0 Å². The first-order chi connectivity index (χ1) is 8.31. The largest absolute Gasteiger partial charge is 0.317 e. The van der Waals surface area contributed by atoms with Crippen LogP contribution in [0.15, 0.2) is 0 Å². The predicted molar refractivity (Wildman–Crippen MR) is 78.2 cm³/mol. The van der Waals surface area contributed by atoms with Crippen LogP contribution in [-0.2, 0) is 10.0 Å². The lowest BCUT2D eigenvalue weighted by Gasteiger charge is -2.27. The molecule has 0 amide bonds. The van der Waals surface area contributed by atoms with E-state index in [9.17, 15) is 8.42 Å². The third-order valence-electron chi connectivity index (χ3n) is 2.73. The molecule has 110 valence electrons. The van der Waals surface area contributed by atoms with Crippen molar-refractivity contribution in [2.45, 2.75) is 53.5 Å². The minimum Gasteiger partial charge on any atom is -0.317 e. The van der Waals surface area contributed by atoms with Crippen LogP contribution in [0.3, 0.4) is 0 Å². The van der Waals surface area contributed by atoms with Gasteiger partial charge >= 0.3 is 0 Å². The molecule has 0 saturated heterocycles. The van der Waals surface area contributed by atoms with Gasteiger partial charge in [0.05, 0.1) is 5.75 Å². The summed E-state index contributed by atoms with van der Waals surface area (Å²) in [5, 5.41) is 3.21. The van der Waals surface area contributed by atoms with Gasteiger partial charge in [-0.25, -0.2) is 8.42 Å². The molecule has 0 atom stereocenters. The highest BCUT2D eigenvalue weighted by molar-refractivity contribution is 7.89. The first kappa shape index (κ1) is 17.9. The fourth-order valence-electron chi connectivity index (χ4n) is 1.83. The summed E-state index contributed by atoms with van der Waals surface area (Å²) in [5.74, 6) is 0.632. The van der Waals surface area contributed by atoms with Gasteiger partial charge in [-0.3, -0.25) is 0 Å². The van der Waals surface area contributed by atoms with Gasteiger partial charge in [-0.2, -0.15) is 4.31 Å². The van der Waals surface area contributed by atoms with Gasteiger partial charge < -0.3 is 5.32 Å². The Bertz CT molecular complexity index is 300. The first-order valence-corrected chi connectivity index (χ1v) is 8.62. The smallest absolute Gasteiger partial charge is 0.214 e.